The fourth-order valence-electron chi connectivity index (χ4n) is 4.87. The SMILES string of the molecule is Cn1c(CN)ccc1-c1ccc(-c2ccc(C(=O)N3CCC(F)(F)CC3)cc2)cc1-c1ccc(F)cc1. The van der Waals surface area contributed by atoms with Crippen LogP contribution in [0.4, 0.5) is 13.2 Å². The van der Waals surface area contributed by atoms with E-state index in [0.29, 0.717) is 12.1 Å². The van der Waals surface area contributed by atoms with Gasteiger partial charge in [0.1, 0.15) is 5.82 Å². The number of benzene rings is 3. The molecule has 0 spiro atoms. The van der Waals surface area contributed by atoms with E-state index in [1.54, 1.807) is 24.3 Å². The van der Waals surface area contributed by atoms with Crippen LogP contribution in [0.2, 0.25) is 0 Å². The van der Waals surface area contributed by atoms with Gasteiger partial charge >= 0.3 is 0 Å². The Morgan fingerprint density at radius 3 is 2.08 bits per heavy atom. The van der Waals surface area contributed by atoms with Gasteiger partial charge in [0, 0.05) is 62.0 Å². The van der Waals surface area contributed by atoms with Crippen LogP contribution in [0, 0.1) is 5.82 Å². The molecule has 1 fully saturated rings. The zero-order chi connectivity index (χ0) is 26.2. The van der Waals surface area contributed by atoms with Crippen LogP contribution in [-0.2, 0) is 13.6 Å². The highest BCUT2D eigenvalue weighted by molar-refractivity contribution is 5.95. The quantitative estimate of drug-likeness (QED) is 0.338. The van der Waals surface area contributed by atoms with E-state index in [0.717, 1.165) is 39.2 Å². The lowest BCUT2D eigenvalue weighted by Gasteiger charge is -2.31. The summed E-state index contributed by atoms with van der Waals surface area (Å²) >= 11 is 0. The Hall–Kier alpha value is -3.84. The lowest BCUT2D eigenvalue weighted by atomic mass is 9.92. The van der Waals surface area contributed by atoms with E-state index in [1.165, 1.54) is 17.0 Å². The average molecular weight is 504 g/mol. The van der Waals surface area contributed by atoms with Gasteiger partial charge in [0.2, 0.25) is 0 Å². The molecule has 0 unspecified atom stereocenters. The van der Waals surface area contributed by atoms with Gasteiger partial charge in [-0.3, -0.25) is 4.79 Å². The molecule has 190 valence electrons. The van der Waals surface area contributed by atoms with Gasteiger partial charge in [-0.15, -0.1) is 0 Å². The minimum atomic E-state index is -2.69. The second-order valence-corrected chi connectivity index (χ2v) is 9.47. The van der Waals surface area contributed by atoms with Crippen molar-refractivity contribution in [2.75, 3.05) is 13.1 Å². The van der Waals surface area contributed by atoms with Crippen molar-refractivity contribution in [2.24, 2.45) is 12.8 Å². The molecular formula is C30H28F3N3O. The van der Waals surface area contributed by atoms with Crippen LogP contribution in [0.3, 0.4) is 0 Å². The summed E-state index contributed by atoms with van der Waals surface area (Å²) in [4.78, 5) is 14.3. The highest BCUT2D eigenvalue weighted by atomic mass is 19.3. The Balaban J connectivity index is 1.48. The molecule has 4 aromatic rings. The number of hydrogen-bond donors (Lipinski definition) is 1. The van der Waals surface area contributed by atoms with E-state index >= 15 is 0 Å². The van der Waals surface area contributed by atoms with E-state index in [1.807, 2.05) is 43.4 Å². The maximum atomic E-state index is 13.7. The van der Waals surface area contributed by atoms with E-state index in [9.17, 15) is 18.0 Å². The van der Waals surface area contributed by atoms with E-state index < -0.39 is 5.92 Å². The second kappa shape index (κ2) is 9.90. The summed E-state index contributed by atoms with van der Waals surface area (Å²) in [6.07, 6.45) is -0.605. The first-order chi connectivity index (χ1) is 17.8. The number of carbonyl (C=O) groups excluding carboxylic acids is 1. The maximum Gasteiger partial charge on any atom is 0.253 e. The molecule has 1 aromatic heterocycles. The molecule has 0 bridgehead atoms. The summed E-state index contributed by atoms with van der Waals surface area (Å²) in [6.45, 7) is 0.535. The molecule has 1 amide bonds. The van der Waals surface area contributed by atoms with Crippen LogP contribution in [0.5, 0.6) is 0 Å². The Kier molecular flexibility index (Phi) is 6.65. The van der Waals surface area contributed by atoms with Crippen LogP contribution < -0.4 is 5.73 Å². The molecule has 2 N–H and O–H groups in total. The summed E-state index contributed by atoms with van der Waals surface area (Å²) in [5.74, 6) is -3.23. The number of carbonyl (C=O) groups is 1. The number of rotatable bonds is 5. The molecule has 1 aliphatic heterocycles. The maximum absolute atomic E-state index is 13.7. The highest BCUT2D eigenvalue weighted by Gasteiger charge is 2.35. The molecule has 7 heteroatoms. The monoisotopic (exact) mass is 503 g/mol. The number of hydrogen-bond acceptors (Lipinski definition) is 2. The fourth-order valence-corrected chi connectivity index (χ4v) is 4.87. The topological polar surface area (TPSA) is 51.3 Å². The van der Waals surface area contributed by atoms with E-state index in [2.05, 4.69) is 10.6 Å². The highest BCUT2D eigenvalue weighted by Crippen LogP contribution is 2.37. The van der Waals surface area contributed by atoms with Crippen molar-refractivity contribution >= 4 is 5.91 Å². The molecule has 5 rings (SSSR count). The number of halogens is 3. The van der Waals surface area contributed by atoms with Crippen molar-refractivity contribution in [2.45, 2.75) is 25.3 Å². The lowest BCUT2D eigenvalue weighted by Crippen LogP contribution is -2.42. The van der Waals surface area contributed by atoms with Crippen molar-refractivity contribution in [3.8, 4) is 33.5 Å². The number of aromatic nitrogens is 1. The zero-order valence-corrected chi connectivity index (χ0v) is 20.6. The molecule has 2 heterocycles. The number of nitrogens with zero attached hydrogens (tertiary/aromatic N) is 2. The first-order valence-electron chi connectivity index (χ1n) is 12.3. The summed E-state index contributed by atoms with van der Waals surface area (Å²) in [5, 5.41) is 0. The third kappa shape index (κ3) is 5.04. The Morgan fingerprint density at radius 1 is 0.838 bits per heavy atom. The van der Waals surface area contributed by atoms with Gasteiger partial charge in [0.15, 0.2) is 0 Å². The van der Waals surface area contributed by atoms with Gasteiger partial charge in [-0.05, 0) is 64.7 Å². The van der Waals surface area contributed by atoms with Gasteiger partial charge in [-0.1, -0.05) is 36.4 Å². The first-order valence-corrected chi connectivity index (χ1v) is 12.3. The molecule has 1 saturated heterocycles. The van der Waals surface area contributed by atoms with Crippen molar-refractivity contribution in [3.63, 3.8) is 0 Å². The molecular weight excluding hydrogens is 475 g/mol. The average Bonchev–Trinajstić information content (AvgIpc) is 3.28. The van der Waals surface area contributed by atoms with Crippen LogP contribution in [-0.4, -0.2) is 34.4 Å². The second-order valence-electron chi connectivity index (χ2n) is 9.47. The largest absolute Gasteiger partial charge is 0.346 e. The van der Waals surface area contributed by atoms with Gasteiger partial charge < -0.3 is 15.2 Å². The molecule has 3 aromatic carbocycles. The van der Waals surface area contributed by atoms with Crippen LogP contribution in [0.1, 0.15) is 28.9 Å². The summed E-state index contributed by atoms with van der Waals surface area (Å²) in [5.41, 5.74) is 13.0. The van der Waals surface area contributed by atoms with Crippen molar-refractivity contribution in [1.29, 1.82) is 0 Å². The minimum Gasteiger partial charge on any atom is -0.346 e. The summed E-state index contributed by atoms with van der Waals surface area (Å²) in [6, 6.07) is 23.7. The molecule has 1 aliphatic rings. The van der Waals surface area contributed by atoms with Crippen molar-refractivity contribution < 1.29 is 18.0 Å². The smallest absolute Gasteiger partial charge is 0.253 e. The molecule has 0 atom stereocenters. The van der Waals surface area contributed by atoms with Gasteiger partial charge in [0.25, 0.3) is 11.8 Å². The van der Waals surface area contributed by atoms with Gasteiger partial charge in [-0.25, -0.2) is 13.2 Å². The predicted octanol–water partition coefficient (Wildman–Crippen LogP) is 6.50. The van der Waals surface area contributed by atoms with Crippen LogP contribution >= 0.6 is 0 Å². The van der Waals surface area contributed by atoms with Gasteiger partial charge in [-0.2, -0.15) is 0 Å². The standard InChI is InChI=1S/C30H28F3N3O/c1-35-25(19-34)11-13-28(35)26-12-8-23(18-27(26)21-6-9-24(31)10-7-21)20-2-4-22(5-3-20)29(37)36-16-14-30(32,33)15-17-36/h2-13,18H,14-17,19,34H2,1H3. The number of likely N-dealkylation sites (tertiary alicyclic amines) is 1. The fraction of sp³-hybridized carbons (Fsp3) is 0.233. The third-order valence-corrected chi connectivity index (χ3v) is 7.13. The molecule has 4 nitrogen and oxygen atoms in total. The van der Waals surface area contributed by atoms with Crippen molar-refractivity contribution in [3.05, 3.63) is 95.9 Å². The normalized spacial score (nSPS) is 15.1. The van der Waals surface area contributed by atoms with E-state index in [-0.39, 0.29) is 37.7 Å². The minimum absolute atomic E-state index is 0.0566. The van der Waals surface area contributed by atoms with Crippen LogP contribution in [0.15, 0.2) is 78.9 Å². The Labute approximate surface area is 214 Å². The number of alkyl halides is 2. The van der Waals surface area contributed by atoms with Gasteiger partial charge in [0.05, 0.1) is 0 Å². The van der Waals surface area contributed by atoms with Crippen LogP contribution in [0.25, 0.3) is 33.5 Å². The number of amides is 1. The molecule has 0 radical (unpaired) electrons. The van der Waals surface area contributed by atoms with E-state index in [4.69, 9.17) is 5.73 Å². The Morgan fingerprint density at radius 2 is 1.46 bits per heavy atom. The molecule has 37 heavy (non-hydrogen) atoms. The Bertz CT molecular complexity index is 1420. The zero-order valence-electron chi connectivity index (χ0n) is 20.6. The third-order valence-electron chi connectivity index (χ3n) is 7.13. The predicted molar refractivity (Wildman–Crippen MR) is 140 cm³/mol. The summed E-state index contributed by atoms with van der Waals surface area (Å²) in [7, 11) is 1.97. The molecule has 0 saturated carbocycles. The molecule has 0 aliphatic carbocycles. The summed E-state index contributed by atoms with van der Waals surface area (Å²) < 4.78 is 42.7. The first kappa shape index (κ1) is 24.8. The number of nitrogens with two attached hydrogens (primary N) is 1. The lowest BCUT2D eigenvalue weighted by molar-refractivity contribution is -0.0494. The number of piperidine rings is 1. The van der Waals surface area contributed by atoms with Crippen molar-refractivity contribution in [1.82, 2.24) is 9.47 Å².